The molecule has 24 heavy (non-hydrogen) atoms. The third kappa shape index (κ3) is 4.94. The molecule has 2 aromatic heterocycles. The molecule has 5 nitrogen and oxygen atoms in total. The van der Waals surface area contributed by atoms with Gasteiger partial charge in [-0.15, -0.1) is 0 Å². The molecule has 0 saturated carbocycles. The largest absolute Gasteiger partial charge is 0.486 e. The van der Waals surface area contributed by atoms with Crippen molar-refractivity contribution in [3.8, 4) is 5.75 Å². The molecule has 0 amide bonds. The number of aldehydes is 1. The van der Waals surface area contributed by atoms with E-state index in [0.29, 0.717) is 35.7 Å². The monoisotopic (exact) mass is 355 g/mol. The van der Waals surface area contributed by atoms with Crippen molar-refractivity contribution < 1.29 is 18.3 Å². The fraction of sp³-hybridized carbons (Fsp3) is 0.312. The number of rotatable bonds is 8. The molecule has 0 aliphatic rings. The van der Waals surface area contributed by atoms with Gasteiger partial charge in [0.1, 0.15) is 17.5 Å². The highest BCUT2D eigenvalue weighted by Gasteiger charge is 2.09. The molecule has 2 heterocycles. The summed E-state index contributed by atoms with van der Waals surface area (Å²) in [6.45, 7) is 1.87. The predicted molar refractivity (Wildman–Crippen MR) is 85.7 cm³/mol. The molecule has 0 aromatic carbocycles. The maximum atomic E-state index is 12.2. The average Bonchev–Trinajstić information content (AvgIpc) is 2.55. The molecule has 0 saturated heterocycles. The van der Waals surface area contributed by atoms with E-state index in [0.717, 1.165) is 11.8 Å². The van der Waals surface area contributed by atoms with Crippen LogP contribution in [-0.4, -0.2) is 29.3 Å². The van der Waals surface area contributed by atoms with Crippen LogP contribution in [0.5, 0.6) is 5.75 Å². The first kappa shape index (κ1) is 18.2. The second-order valence-corrected chi connectivity index (χ2v) is 5.39. The van der Waals surface area contributed by atoms with Crippen LogP contribution in [-0.2, 0) is 13.1 Å². The van der Waals surface area contributed by atoms with E-state index in [1.54, 1.807) is 19.1 Å². The van der Waals surface area contributed by atoms with Crippen molar-refractivity contribution >= 4 is 17.9 Å². The van der Waals surface area contributed by atoms with Gasteiger partial charge in [-0.1, -0.05) is 11.6 Å². The number of ether oxygens (including phenoxy) is 1. The van der Waals surface area contributed by atoms with Crippen molar-refractivity contribution in [2.45, 2.75) is 26.4 Å². The van der Waals surface area contributed by atoms with Crippen molar-refractivity contribution in [1.29, 1.82) is 0 Å². The SMILES string of the molecule is Cc1cc(CNCc2c(C=O)ccnc2Cl)ncc1OCC(F)F. The Bertz CT molecular complexity index is 714. The van der Waals surface area contributed by atoms with E-state index in [9.17, 15) is 13.6 Å². The Morgan fingerprint density at radius 3 is 2.83 bits per heavy atom. The zero-order valence-electron chi connectivity index (χ0n) is 12.9. The standard InChI is InChI=1S/C16H16ClF2N3O2/c1-10-4-12(22-7-14(10)24-9-15(18)19)5-20-6-13-11(8-23)2-3-21-16(13)17/h2-4,7-8,15,20H,5-6,9H2,1H3. The fourth-order valence-electron chi connectivity index (χ4n) is 2.08. The Labute approximate surface area is 143 Å². The van der Waals surface area contributed by atoms with Crippen LogP contribution in [0, 0.1) is 6.92 Å². The summed E-state index contributed by atoms with van der Waals surface area (Å²) in [4.78, 5) is 19.1. The minimum Gasteiger partial charge on any atom is -0.486 e. The molecule has 0 radical (unpaired) electrons. The summed E-state index contributed by atoms with van der Waals surface area (Å²) in [5.74, 6) is 0.331. The average molecular weight is 356 g/mol. The number of pyridine rings is 2. The minimum absolute atomic E-state index is 0.270. The lowest BCUT2D eigenvalue weighted by Gasteiger charge is -2.11. The number of alkyl halides is 2. The lowest BCUT2D eigenvalue weighted by Crippen LogP contribution is -2.16. The van der Waals surface area contributed by atoms with Crippen LogP contribution in [0.1, 0.15) is 27.2 Å². The van der Waals surface area contributed by atoms with Gasteiger partial charge in [0, 0.05) is 30.4 Å². The maximum absolute atomic E-state index is 12.2. The Kier molecular flexibility index (Phi) is 6.57. The first-order valence-electron chi connectivity index (χ1n) is 7.17. The third-order valence-corrected chi connectivity index (χ3v) is 3.58. The highest BCUT2D eigenvalue weighted by atomic mass is 35.5. The molecule has 0 aliphatic heterocycles. The highest BCUT2D eigenvalue weighted by Crippen LogP contribution is 2.18. The molecular formula is C16H16ClF2N3O2. The van der Waals surface area contributed by atoms with Gasteiger partial charge < -0.3 is 10.1 Å². The Morgan fingerprint density at radius 1 is 1.38 bits per heavy atom. The lowest BCUT2D eigenvalue weighted by molar-refractivity contribution is 0.0813. The van der Waals surface area contributed by atoms with Crippen molar-refractivity contribution in [3.63, 3.8) is 0 Å². The van der Waals surface area contributed by atoms with Crippen LogP contribution in [0.2, 0.25) is 5.15 Å². The minimum atomic E-state index is -2.53. The van der Waals surface area contributed by atoms with Crippen molar-refractivity contribution in [3.05, 3.63) is 52.1 Å². The smallest absolute Gasteiger partial charge is 0.272 e. The number of halogens is 3. The van der Waals surface area contributed by atoms with Gasteiger partial charge >= 0.3 is 0 Å². The predicted octanol–water partition coefficient (Wildman–Crippen LogP) is 3.18. The van der Waals surface area contributed by atoms with Crippen molar-refractivity contribution in [1.82, 2.24) is 15.3 Å². The van der Waals surface area contributed by atoms with Crippen LogP contribution in [0.3, 0.4) is 0 Å². The van der Waals surface area contributed by atoms with Crippen LogP contribution in [0.25, 0.3) is 0 Å². The Balaban J connectivity index is 1.96. The number of aromatic nitrogens is 2. The number of aryl methyl sites for hydroxylation is 1. The van der Waals surface area contributed by atoms with Gasteiger partial charge in [-0.25, -0.2) is 13.8 Å². The molecule has 0 fully saturated rings. The summed E-state index contributed by atoms with van der Waals surface area (Å²) in [5.41, 5.74) is 2.52. The zero-order valence-corrected chi connectivity index (χ0v) is 13.7. The topological polar surface area (TPSA) is 64.1 Å². The van der Waals surface area contributed by atoms with Gasteiger partial charge in [0.05, 0.1) is 11.9 Å². The number of carbonyl (C=O) groups excluding carboxylic acids is 1. The van der Waals surface area contributed by atoms with Crippen LogP contribution < -0.4 is 10.1 Å². The normalized spacial score (nSPS) is 10.9. The number of nitrogens with one attached hydrogen (secondary N) is 1. The second kappa shape index (κ2) is 8.65. The molecule has 0 spiro atoms. The number of carbonyl (C=O) groups is 1. The van der Waals surface area contributed by atoms with Gasteiger partial charge in [0.2, 0.25) is 0 Å². The summed E-state index contributed by atoms with van der Waals surface area (Å²) < 4.78 is 29.3. The molecule has 0 aliphatic carbocycles. The Morgan fingerprint density at radius 2 is 2.17 bits per heavy atom. The fourth-order valence-corrected chi connectivity index (χ4v) is 2.32. The Hall–Kier alpha value is -2.12. The summed E-state index contributed by atoms with van der Waals surface area (Å²) in [7, 11) is 0. The third-order valence-electron chi connectivity index (χ3n) is 3.26. The van der Waals surface area contributed by atoms with Crippen LogP contribution >= 0.6 is 11.6 Å². The zero-order chi connectivity index (χ0) is 17.5. The first-order valence-corrected chi connectivity index (χ1v) is 7.54. The van der Waals surface area contributed by atoms with Gasteiger partial charge in [-0.2, -0.15) is 0 Å². The summed E-state index contributed by atoms with van der Waals surface area (Å²) in [6.07, 6.45) is 1.09. The number of hydrogen-bond donors (Lipinski definition) is 1. The van der Waals surface area contributed by atoms with E-state index in [2.05, 4.69) is 15.3 Å². The van der Waals surface area contributed by atoms with E-state index >= 15 is 0 Å². The van der Waals surface area contributed by atoms with E-state index in [1.165, 1.54) is 12.4 Å². The van der Waals surface area contributed by atoms with E-state index in [-0.39, 0.29) is 5.15 Å². The molecule has 8 heteroatoms. The quantitative estimate of drug-likeness (QED) is 0.582. The van der Waals surface area contributed by atoms with Crippen molar-refractivity contribution in [2.24, 2.45) is 0 Å². The lowest BCUT2D eigenvalue weighted by atomic mass is 10.1. The molecule has 2 rings (SSSR count). The first-order chi connectivity index (χ1) is 11.5. The van der Waals surface area contributed by atoms with E-state index < -0.39 is 13.0 Å². The second-order valence-electron chi connectivity index (χ2n) is 5.03. The van der Waals surface area contributed by atoms with Gasteiger partial charge in [0.15, 0.2) is 6.29 Å². The highest BCUT2D eigenvalue weighted by molar-refractivity contribution is 6.30. The molecule has 0 atom stereocenters. The molecule has 128 valence electrons. The van der Waals surface area contributed by atoms with Gasteiger partial charge in [-0.3, -0.25) is 9.78 Å². The van der Waals surface area contributed by atoms with Gasteiger partial charge in [0.25, 0.3) is 6.43 Å². The molecule has 0 bridgehead atoms. The van der Waals surface area contributed by atoms with Crippen LogP contribution in [0.15, 0.2) is 24.5 Å². The van der Waals surface area contributed by atoms with Crippen molar-refractivity contribution in [2.75, 3.05) is 6.61 Å². The molecule has 1 N–H and O–H groups in total. The summed E-state index contributed by atoms with van der Waals surface area (Å²) in [6, 6.07) is 3.34. The van der Waals surface area contributed by atoms with Gasteiger partial charge in [-0.05, 0) is 24.6 Å². The maximum Gasteiger partial charge on any atom is 0.272 e. The van der Waals surface area contributed by atoms with E-state index in [4.69, 9.17) is 16.3 Å². The number of hydrogen-bond acceptors (Lipinski definition) is 5. The number of nitrogens with zero attached hydrogens (tertiary/aromatic N) is 2. The summed E-state index contributed by atoms with van der Waals surface area (Å²) >= 11 is 5.99. The molecule has 2 aromatic rings. The van der Waals surface area contributed by atoms with Crippen LogP contribution in [0.4, 0.5) is 8.78 Å². The van der Waals surface area contributed by atoms with E-state index in [1.807, 2.05) is 0 Å². The summed E-state index contributed by atoms with van der Waals surface area (Å²) in [5, 5.41) is 3.39. The molecule has 0 unspecified atom stereocenters. The molecular weight excluding hydrogens is 340 g/mol.